The number of anilines is 1. The lowest BCUT2D eigenvalue weighted by Crippen LogP contribution is -2.14. The van der Waals surface area contributed by atoms with Gasteiger partial charge in [0.05, 0.1) is 11.6 Å². The maximum atomic E-state index is 12.2. The molecular weight excluding hydrogens is 336 g/mol. The topological polar surface area (TPSA) is 67.3 Å². The van der Waals surface area contributed by atoms with Crippen LogP contribution >= 0.6 is 22.9 Å². The summed E-state index contributed by atoms with van der Waals surface area (Å²) in [4.78, 5) is 14.3. The third-order valence-electron chi connectivity index (χ3n) is 2.95. The van der Waals surface area contributed by atoms with E-state index in [1.807, 2.05) is 21.0 Å². The molecule has 0 aliphatic carbocycles. The molecule has 1 heterocycles. The number of halogens is 1. The number of carbonyl (C=O) groups excluding carboxylic acids is 1. The first-order valence-corrected chi connectivity index (χ1v) is 8.40. The molecule has 2 rings (SSSR count). The highest BCUT2D eigenvalue weighted by molar-refractivity contribution is 7.15. The van der Waals surface area contributed by atoms with Crippen molar-refractivity contribution >= 4 is 34.0 Å². The molecule has 1 amide bonds. The zero-order valence-electron chi connectivity index (χ0n) is 13.3. The fourth-order valence-corrected chi connectivity index (χ4v) is 2.77. The molecule has 0 atom stereocenters. The highest BCUT2D eigenvalue weighted by atomic mass is 35.5. The molecule has 0 aliphatic heterocycles. The minimum absolute atomic E-state index is 0.273. The third kappa shape index (κ3) is 5.16. The largest absolute Gasteiger partial charge is 0.492 e. The van der Waals surface area contributed by atoms with Crippen LogP contribution in [-0.4, -0.2) is 48.3 Å². The summed E-state index contributed by atoms with van der Waals surface area (Å²) < 4.78 is 5.35. The Kier molecular flexibility index (Phi) is 6.32. The average molecular weight is 355 g/mol. The Morgan fingerprint density at radius 3 is 2.83 bits per heavy atom. The molecule has 0 saturated carbocycles. The van der Waals surface area contributed by atoms with Crippen LogP contribution in [0, 0.1) is 0 Å². The van der Waals surface area contributed by atoms with Crippen LogP contribution in [0.3, 0.4) is 0 Å². The second kappa shape index (κ2) is 8.24. The number of hydrogen-bond donors (Lipinski definition) is 1. The Morgan fingerprint density at radius 1 is 1.39 bits per heavy atom. The minimum atomic E-state index is -0.273. The Labute approximate surface area is 144 Å². The summed E-state index contributed by atoms with van der Waals surface area (Å²) in [6.07, 6.45) is 0.801. The molecule has 124 valence electrons. The predicted molar refractivity (Wildman–Crippen MR) is 92.7 cm³/mol. The molecule has 0 bridgehead atoms. The molecular formula is C15H19ClN4O2S. The molecule has 1 N–H and O–H groups in total. The molecule has 0 radical (unpaired) electrons. The first-order chi connectivity index (χ1) is 11.0. The van der Waals surface area contributed by atoms with Gasteiger partial charge < -0.3 is 9.64 Å². The van der Waals surface area contributed by atoms with Crippen LogP contribution in [0.4, 0.5) is 5.13 Å². The molecule has 0 fully saturated rings. The van der Waals surface area contributed by atoms with Crippen molar-refractivity contribution in [1.29, 1.82) is 0 Å². The van der Waals surface area contributed by atoms with E-state index in [0.29, 0.717) is 28.1 Å². The number of hydrogen-bond acceptors (Lipinski definition) is 6. The quantitative estimate of drug-likeness (QED) is 0.828. The van der Waals surface area contributed by atoms with Gasteiger partial charge in [0.25, 0.3) is 5.91 Å². The van der Waals surface area contributed by atoms with Crippen molar-refractivity contribution < 1.29 is 9.53 Å². The predicted octanol–water partition coefficient (Wildman–Crippen LogP) is 2.95. The van der Waals surface area contributed by atoms with E-state index in [4.69, 9.17) is 16.3 Å². The summed E-state index contributed by atoms with van der Waals surface area (Å²) in [6.45, 7) is 3.28. The van der Waals surface area contributed by atoms with E-state index in [2.05, 4.69) is 20.4 Å². The number of amides is 1. The van der Waals surface area contributed by atoms with Crippen molar-refractivity contribution in [2.45, 2.75) is 13.3 Å². The number of carbonyl (C=O) groups is 1. The van der Waals surface area contributed by atoms with Crippen LogP contribution in [0.5, 0.6) is 5.75 Å². The standard InChI is InChI=1S/C15H19ClN4O2S/c1-4-22-12-6-5-10(9-11(12)16)14(21)17-15-19-18-13(23-15)7-8-20(2)3/h5-6,9H,4,7-8H2,1-3H3,(H,17,19,21). The lowest BCUT2D eigenvalue weighted by atomic mass is 10.2. The van der Waals surface area contributed by atoms with Crippen molar-refractivity contribution in [3.05, 3.63) is 33.8 Å². The van der Waals surface area contributed by atoms with E-state index in [0.717, 1.165) is 18.0 Å². The lowest BCUT2D eigenvalue weighted by Gasteiger charge is -2.07. The summed E-state index contributed by atoms with van der Waals surface area (Å²) in [5.41, 5.74) is 0.448. The molecule has 6 nitrogen and oxygen atoms in total. The number of nitrogens with one attached hydrogen (secondary N) is 1. The fraction of sp³-hybridized carbons (Fsp3) is 0.400. The van der Waals surface area contributed by atoms with E-state index in [-0.39, 0.29) is 5.91 Å². The molecule has 0 aliphatic rings. The monoisotopic (exact) mass is 354 g/mol. The van der Waals surface area contributed by atoms with Gasteiger partial charge in [-0.25, -0.2) is 0 Å². The second-order valence-corrected chi connectivity index (χ2v) is 6.56. The zero-order valence-corrected chi connectivity index (χ0v) is 14.9. The van der Waals surface area contributed by atoms with Gasteiger partial charge in [-0.3, -0.25) is 10.1 Å². The maximum absolute atomic E-state index is 12.2. The molecule has 8 heteroatoms. The zero-order chi connectivity index (χ0) is 16.8. The third-order valence-corrected chi connectivity index (χ3v) is 4.15. The van der Waals surface area contributed by atoms with Gasteiger partial charge >= 0.3 is 0 Å². The van der Waals surface area contributed by atoms with Gasteiger partial charge in [0.1, 0.15) is 10.8 Å². The van der Waals surface area contributed by atoms with E-state index in [9.17, 15) is 4.79 Å². The molecule has 1 aromatic carbocycles. The molecule has 2 aromatic rings. The van der Waals surface area contributed by atoms with E-state index in [1.165, 1.54) is 11.3 Å². The summed E-state index contributed by atoms with van der Waals surface area (Å²) >= 11 is 7.47. The molecule has 23 heavy (non-hydrogen) atoms. The molecule has 1 aromatic heterocycles. The molecule has 0 unspecified atom stereocenters. The summed E-state index contributed by atoms with van der Waals surface area (Å²) in [7, 11) is 4.00. The van der Waals surface area contributed by atoms with Gasteiger partial charge in [-0.15, -0.1) is 10.2 Å². The van der Waals surface area contributed by atoms with Crippen LogP contribution in [0.15, 0.2) is 18.2 Å². The van der Waals surface area contributed by atoms with Crippen LogP contribution in [0.1, 0.15) is 22.3 Å². The van der Waals surface area contributed by atoms with Crippen LogP contribution in [0.2, 0.25) is 5.02 Å². The van der Waals surface area contributed by atoms with Gasteiger partial charge in [-0.1, -0.05) is 22.9 Å². The highest BCUT2D eigenvalue weighted by Gasteiger charge is 2.12. The summed E-state index contributed by atoms with van der Waals surface area (Å²) in [6, 6.07) is 4.93. The highest BCUT2D eigenvalue weighted by Crippen LogP contribution is 2.26. The van der Waals surface area contributed by atoms with Crippen molar-refractivity contribution in [3.63, 3.8) is 0 Å². The SMILES string of the molecule is CCOc1ccc(C(=O)Nc2nnc(CCN(C)C)s2)cc1Cl. The van der Waals surface area contributed by atoms with Crippen LogP contribution in [0.25, 0.3) is 0 Å². The van der Waals surface area contributed by atoms with E-state index < -0.39 is 0 Å². The van der Waals surface area contributed by atoms with E-state index >= 15 is 0 Å². The number of rotatable bonds is 7. The Hall–Kier alpha value is -1.70. The van der Waals surface area contributed by atoms with Gasteiger partial charge in [-0.05, 0) is 39.2 Å². The number of likely N-dealkylation sites (N-methyl/N-ethyl adjacent to an activating group) is 1. The normalized spacial score (nSPS) is 10.8. The number of benzene rings is 1. The van der Waals surface area contributed by atoms with Crippen molar-refractivity contribution in [2.75, 3.05) is 32.6 Å². The summed E-state index contributed by atoms with van der Waals surface area (Å²) in [5, 5.41) is 12.6. The van der Waals surface area contributed by atoms with E-state index in [1.54, 1.807) is 18.2 Å². The smallest absolute Gasteiger partial charge is 0.257 e. The van der Waals surface area contributed by atoms with Crippen molar-refractivity contribution in [1.82, 2.24) is 15.1 Å². The Balaban J connectivity index is 2.00. The van der Waals surface area contributed by atoms with Gasteiger partial charge in [0, 0.05) is 18.5 Å². The molecule has 0 saturated heterocycles. The molecule has 0 spiro atoms. The first-order valence-electron chi connectivity index (χ1n) is 7.20. The number of nitrogens with zero attached hydrogens (tertiary/aromatic N) is 3. The number of aromatic nitrogens is 2. The Morgan fingerprint density at radius 2 is 2.17 bits per heavy atom. The van der Waals surface area contributed by atoms with Crippen molar-refractivity contribution in [2.24, 2.45) is 0 Å². The van der Waals surface area contributed by atoms with Gasteiger partial charge in [0.15, 0.2) is 0 Å². The van der Waals surface area contributed by atoms with Crippen LogP contribution < -0.4 is 10.1 Å². The van der Waals surface area contributed by atoms with Gasteiger partial charge in [0.2, 0.25) is 5.13 Å². The minimum Gasteiger partial charge on any atom is -0.492 e. The average Bonchev–Trinajstić information content (AvgIpc) is 2.95. The summed E-state index contributed by atoms with van der Waals surface area (Å²) in [5.74, 6) is 0.290. The number of ether oxygens (including phenoxy) is 1. The van der Waals surface area contributed by atoms with Gasteiger partial charge in [-0.2, -0.15) is 0 Å². The van der Waals surface area contributed by atoms with Crippen molar-refractivity contribution in [3.8, 4) is 5.75 Å². The Bertz CT molecular complexity index is 675. The van der Waals surface area contributed by atoms with Crippen LogP contribution in [-0.2, 0) is 6.42 Å². The lowest BCUT2D eigenvalue weighted by molar-refractivity contribution is 0.102. The first kappa shape index (κ1) is 17.7. The second-order valence-electron chi connectivity index (χ2n) is 5.09. The fourth-order valence-electron chi connectivity index (χ4n) is 1.81. The maximum Gasteiger partial charge on any atom is 0.257 e.